The third kappa shape index (κ3) is 3.45. The second-order valence-corrected chi connectivity index (χ2v) is 8.51. The molecule has 2 amide bonds. The van der Waals surface area contributed by atoms with Crippen LogP contribution < -0.4 is 19.7 Å². The number of nitrogens with one attached hydrogen (secondary N) is 1. The van der Waals surface area contributed by atoms with Crippen LogP contribution in [0.1, 0.15) is 5.56 Å². The summed E-state index contributed by atoms with van der Waals surface area (Å²) in [6.45, 7) is 0.589. The van der Waals surface area contributed by atoms with Crippen molar-refractivity contribution in [3.63, 3.8) is 0 Å². The van der Waals surface area contributed by atoms with Gasteiger partial charge in [-0.3, -0.25) is 9.59 Å². The molecule has 0 aromatic heterocycles. The molecule has 3 heterocycles. The number of hydrogen-bond acceptors (Lipinski definition) is 5. The molecule has 2 aromatic rings. The molecule has 7 nitrogen and oxygen atoms in total. The molecule has 5 rings (SSSR count). The zero-order valence-corrected chi connectivity index (χ0v) is 18.4. The number of ether oxygens (including phenoxy) is 3. The topological polar surface area (TPSA) is 77.1 Å². The van der Waals surface area contributed by atoms with Crippen LogP contribution in [-0.2, 0) is 20.7 Å². The monoisotopic (exact) mass is 452 g/mol. The number of benzene rings is 2. The van der Waals surface area contributed by atoms with Crippen molar-refractivity contribution < 1.29 is 28.2 Å². The van der Waals surface area contributed by atoms with Crippen molar-refractivity contribution in [2.75, 3.05) is 32.2 Å². The van der Waals surface area contributed by atoms with E-state index in [2.05, 4.69) is 5.32 Å². The normalized spacial score (nSPS) is 27.1. The van der Waals surface area contributed by atoms with Crippen LogP contribution in [0.3, 0.4) is 0 Å². The molecule has 0 saturated carbocycles. The fourth-order valence-corrected chi connectivity index (χ4v) is 5.16. The van der Waals surface area contributed by atoms with Gasteiger partial charge in [-0.05, 0) is 36.2 Å². The van der Waals surface area contributed by atoms with Gasteiger partial charge < -0.3 is 24.4 Å². The summed E-state index contributed by atoms with van der Waals surface area (Å²) in [4.78, 5) is 27.8. The number of halogens is 1. The zero-order chi connectivity index (χ0) is 23.2. The van der Waals surface area contributed by atoms with Crippen molar-refractivity contribution in [2.45, 2.75) is 18.1 Å². The molecule has 3 aliphatic rings. The molecule has 4 atom stereocenters. The average molecular weight is 452 g/mol. The Morgan fingerprint density at radius 1 is 1.21 bits per heavy atom. The minimum Gasteiger partial charge on any atom is -0.493 e. The summed E-state index contributed by atoms with van der Waals surface area (Å²) in [5, 5.41) is 2.95. The Morgan fingerprint density at radius 2 is 2.00 bits per heavy atom. The van der Waals surface area contributed by atoms with E-state index < -0.39 is 29.4 Å². The van der Waals surface area contributed by atoms with E-state index in [9.17, 15) is 14.0 Å². The quantitative estimate of drug-likeness (QED) is 0.654. The summed E-state index contributed by atoms with van der Waals surface area (Å²) in [6, 6.07) is 11.8. The van der Waals surface area contributed by atoms with Crippen LogP contribution in [0, 0.1) is 17.7 Å². The molecule has 0 radical (unpaired) electrons. The summed E-state index contributed by atoms with van der Waals surface area (Å²) < 4.78 is 31.1. The number of para-hydroxylation sites is 1. The van der Waals surface area contributed by atoms with Crippen molar-refractivity contribution in [1.29, 1.82) is 0 Å². The van der Waals surface area contributed by atoms with Gasteiger partial charge in [-0.15, -0.1) is 0 Å². The van der Waals surface area contributed by atoms with Crippen molar-refractivity contribution in [1.82, 2.24) is 5.32 Å². The largest absolute Gasteiger partial charge is 0.493 e. The van der Waals surface area contributed by atoms with Gasteiger partial charge in [-0.25, -0.2) is 4.39 Å². The van der Waals surface area contributed by atoms with Gasteiger partial charge in [0.25, 0.3) is 0 Å². The fraction of sp³-hybridized carbons (Fsp3) is 0.360. The summed E-state index contributed by atoms with van der Waals surface area (Å²) in [6.07, 6.45) is 3.83. The molecular formula is C25H25FN2O5. The lowest BCUT2D eigenvalue weighted by Crippen LogP contribution is -2.44. The van der Waals surface area contributed by atoms with Crippen LogP contribution in [0.4, 0.5) is 10.1 Å². The van der Waals surface area contributed by atoms with Gasteiger partial charge >= 0.3 is 0 Å². The van der Waals surface area contributed by atoms with Crippen LogP contribution >= 0.6 is 0 Å². The smallest absolute Gasteiger partial charge is 0.234 e. The second kappa shape index (κ2) is 8.19. The number of hydrogen-bond donors (Lipinski definition) is 1. The third-order valence-electron chi connectivity index (χ3n) is 6.71. The summed E-state index contributed by atoms with van der Waals surface area (Å²) in [7, 11) is 3.15. The van der Waals surface area contributed by atoms with Crippen LogP contribution in [0.25, 0.3) is 0 Å². The zero-order valence-electron chi connectivity index (χ0n) is 18.4. The molecule has 2 bridgehead atoms. The number of fused-ring (bicyclic) bond motifs is 1. The SMILES string of the molecule is COc1ccc(CCNC(=O)[C@@H]2[C@H]3C(=O)N(c4ccccc4F)C[C@]34C=C[C@H]2O4)cc1OC. The number of amides is 2. The van der Waals surface area contributed by atoms with Crippen molar-refractivity contribution in [2.24, 2.45) is 11.8 Å². The Morgan fingerprint density at radius 3 is 2.76 bits per heavy atom. The molecular weight excluding hydrogens is 427 g/mol. The first-order valence-electron chi connectivity index (χ1n) is 10.9. The molecule has 1 N–H and O–H groups in total. The Hall–Kier alpha value is -3.39. The summed E-state index contributed by atoms with van der Waals surface area (Å²) in [5.74, 6) is -1.05. The van der Waals surface area contributed by atoms with Gasteiger partial charge in [-0.1, -0.05) is 30.4 Å². The summed E-state index contributed by atoms with van der Waals surface area (Å²) in [5.41, 5.74) is 0.297. The minimum absolute atomic E-state index is 0.194. The minimum atomic E-state index is -0.893. The number of rotatable bonds is 7. The lowest BCUT2D eigenvalue weighted by atomic mass is 9.77. The molecule has 1 spiro atoms. The molecule has 0 aliphatic carbocycles. The highest BCUT2D eigenvalue weighted by molar-refractivity contribution is 6.03. The van der Waals surface area contributed by atoms with Crippen LogP contribution in [-0.4, -0.2) is 50.8 Å². The molecule has 172 valence electrons. The van der Waals surface area contributed by atoms with Gasteiger partial charge in [0, 0.05) is 6.54 Å². The van der Waals surface area contributed by atoms with E-state index in [4.69, 9.17) is 14.2 Å². The van der Waals surface area contributed by atoms with Gasteiger partial charge in [0.05, 0.1) is 44.4 Å². The molecule has 2 aromatic carbocycles. The van der Waals surface area contributed by atoms with E-state index in [0.717, 1.165) is 5.56 Å². The van der Waals surface area contributed by atoms with Crippen molar-refractivity contribution >= 4 is 17.5 Å². The molecule has 2 saturated heterocycles. The Balaban J connectivity index is 1.28. The van der Waals surface area contributed by atoms with Crippen molar-refractivity contribution in [3.05, 3.63) is 66.0 Å². The highest BCUT2D eigenvalue weighted by Crippen LogP contribution is 2.52. The first-order chi connectivity index (χ1) is 16.0. The first kappa shape index (κ1) is 21.5. The molecule has 0 unspecified atom stereocenters. The fourth-order valence-electron chi connectivity index (χ4n) is 5.16. The van der Waals surface area contributed by atoms with E-state index >= 15 is 0 Å². The Kier molecular flexibility index (Phi) is 5.32. The standard InChI is InChI=1S/C25H25FN2O5/c1-31-18-8-7-15(13-20(18)32-2)10-12-27-23(29)21-19-9-11-25(33-19)14-28(24(30)22(21)25)17-6-4-3-5-16(17)26/h3-9,11,13,19,21-22H,10,12,14H2,1-2H3,(H,27,29)/t19-,21+,22+,25-/m1/s1. The van der Waals surface area contributed by atoms with E-state index in [1.54, 1.807) is 32.4 Å². The van der Waals surface area contributed by atoms with Gasteiger partial charge in [0.2, 0.25) is 11.8 Å². The number of anilines is 1. The third-order valence-corrected chi connectivity index (χ3v) is 6.71. The number of methoxy groups -OCH3 is 2. The lowest BCUT2D eigenvalue weighted by molar-refractivity contribution is -0.131. The summed E-state index contributed by atoms with van der Waals surface area (Å²) >= 11 is 0. The van der Waals surface area contributed by atoms with E-state index in [1.807, 2.05) is 30.4 Å². The predicted molar refractivity (Wildman–Crippen MR) is 119 cm³/mol. The lowest BCUT2D eigenvalue weighted by Gasteiger charge is -2.23. The maximum Gasteiger partial charge on any atom is 0.234 e. The van der Waals surface area contributed by atoms with Gasteiger partial charge in [0.1, 0.15) is 11.4 Å². The maximum absolute atomic E-state index is 14.4. The van der Waals surface area contributed by atoms with Crippen LogP contribution in [0.5, 0.6) is 11.5 Å². The number of nitrogens with zero attached hydrogens (tertiary/aromatic N) is 1. The van der Waals surface area contributed by atoms with E-state index in [0.29, 0.717) is 24.5 Å². The average Bonchev–Trinajstić information content (AvgIpc) is 3.47. The predicted octanol–water partition coefficient (Wildman–Crippen LogP) is 2.49. The second-order valence-electron chi connectivity index (χ2n) is 8.51. The van der Waals surface area contributed by atoms with Crippen LogP contribution in [0.2, 0.25) is 0 Å². The number of carbonyl (C=O) groups is 2. The molecule has 8 heteroatoms. The van der Waals surface area contributed by atoms with Gasteiger partial charge in [-0.2, -0.15) is 0 Å². The molecule has 2 fully saturated rings. The van der Waals surface area contributed by atoms with Gasteiger partial charge in [0.15, 0.2) is 11.5 Å². The van der Waals surface area contributed by atoms with E-state index in [-0.39, 0.29) is 24.0 Å². The van der Waals surface area contributed by atoms with E-state index in [1.165, 1.54) is 11.0 Å². The van der Waals surface area contributed by atoms with Crippen molar-refractivity contribution in [3.8, 4) is 11.5 Å². The molecule has 3 aliphatic heterocycles. The Labute approximate surface area is 191 Å². The maximum atomic E-state index is 14.4. The van der Waals surface area contributed by atoms with Crippen LogP contribution in [0.15, 0.2) is 54.6 Å². The molecule has 33 heavy (non-hydrogen) atoms. The highest BCUT2D eigenvalue weighted by Gasteiger charge is 2.67. The number of carbonyl (C=O) groups excluding carboxylic acids is 2. The highest BCUT2D eigenvalue weighted by atomic mass is 19.1. The first-order valence-corrected chi connectivity index (χ1v) is 10.9. The Bertz CT molecular complexity index is 1140.